The van der Waals surface area contributed by atoms with Gasteiger partial charge in [-0.15, -0.1) is 0 Å². The van der Waals surface area contributed by atoms with Gasteiger partial charge in [-0.3, -0.25) is 9.59 Å². The topological polar surface area (TPSA) is 55.4 Å². The Labute approximate surface area is 175 Å². The number of ether oxygens (including phenoxy) is 1. The fourth-order valence-corrected chi connectivity index (χ4v) is 6.98. The van der Waals surface area contributed by atoms with Gasteiger partial charge in [0.25, 0.3) is 5.91 Å². The van der Waals surface area contributed by atoms with Crippen LogP contribution in [0.25, 0.3) is 0 Å². The van der Waals surface area contributed by atoms with Crippen molar-refractivity contribution < 1.29 is 14.3 Å². The third-order valence-electron chi connectivity index (χ3n) is 4.20. The summed E-state index contributed by atoms with van der Waals surface area (Å²) in [6.07, 6.45) is 6.19. The van der Waals surface area contributed by atoms with Crippen molar-refractivity contribution in [3.8, 4) is 0 Å². The average molecular weight is 649 g/mol. The van der Waals surface area contributed by atoms with Crippen LogP contribution >= 0.6 is 67.8 Å². The number of hydrogen-bond acceptors (Lipinski definition) is 3. The Morgan fingerprint density at radius 2 is 1.83 bits per heavy atom. The Hall–Kier alpha value is 0.0900. The lowest BCUT2D eigenvalue weighted by Crippen LogP contribution is -2.27. The molecule has 1 amide bonds. The summed E-state index contributed by atoms with van der Waals surface area (Å²) in [4.78, 5) is 24.2. The first-order chi connectivity index (χ1) is 10.9. The molecule has 0 heterocycles. The van der Waals surface area contributed by atoms with Gasteiger partial charge in [-0.25, -0.2) is 0 Å². The smallest absolute Gasteiger partial charge is 0.310 e. The molecule has 0 unspecified atom stereocenters. The summed E-state index contributed by atoms with van der Waals surface area (Å²) in [6, 6.07) is 3.99. The molecule has 0 aromatic heterocycles. The standard InChI is InChI=1S/C16H14I3NO3/c17-10-5-12(18)15(13(19)6-10)20-14(21)7-23-16(22)11-4-8-1-2-9(11)3-8/h1-2,5-6,8-9,11H,3-4,7H2,(H,20,21)/t8-,9-,11+/m0/s1. The largest absolute Gasteiger partial charge is 0.455 e. The summed E-state index contributed by atoms with van der Waals surface area (Å²) >= 11 is 6.62. The minimum atomic E-state index is -0.297. The maximum absolute atomic E-state index is 12.1. The van der Waals surface area contributed by atoms with E-state index in [0.29, 0.717) is 11.8 Å². The number of hydrogen-bond donors (Lipinski definition) is 1. The summed E-state index contributed by atoms with van der Waals surface area (Å²) in [5.74, 6) is 0.199. The first kappa shape index (κ1) is 17.9. The number of benzene rings is 1. The summed E-state index contributed by atoms with van der Waals surface area (Å²) in [6.45, 7) is -0.228. The normalized spacial score (nSPS) is 24.7. The summed E-state index contributed by atoms with van der Waals surface area (Å²) in [5, 5.41) is 2.84. The van der Waals surface area contributed by atoms with Gasteiger partial charge in [0, 0.05) is 10.7 Å². The molecule has 23 heavy (non-hydrogen) atoms. The van der Waals surface area contributed by atoms with E-state index < -0.39 is 0 Å². The zero-order valence-electron chi connectivity index (χ0n) is 12.0. The number of carbonyl (C=O) groups excluding carboxylic acids is 2. The lowest BCUT2D eigenvalue weighted by Gasteiger charge is -2.16. The van der Waals surface area contributed by atoms with Crippen molar-refractivity contribution >= 4 is 85.3 Å². The van der Waals surface area contributed by atoms with Gasteiger partial charge in [-0.05, 0) is 105 Å². The molecular formula is C16H14I3NO3. The van der Waals surface area contributed by atoms with Crippen LogP contribution in [0, 0.1) is 28.5 Å². The Morgan fingerprint density at radius 1 is 1.13 bits per heavy atom. The minimum absolute atomic E-state index is 0.0728. The van der Waals surface area contributed by atoms with Crippen LogP contribution in [0.3, 0.4) is 0 Å². The van der Waals surface area contributed by atoms with Gasteiger partial charge in [0.1, 0.15) is 0 Å². The van der Waals surface area contributed by atoms with Crippen molar-refractivity contribution in [3.63, 3.8) is 0 Å². The molecule has 1 aromatic rings. The highest BCUT2D eigenvalue weighted by molar-refractivity contribution is 14.1. The Kier molecular flexibility index (Phi) is 5.87. The molecule has 1 aromatic carbocycles. The molecule has 122 valence electrons. The molecule has 0 saturated heterocycles. The maximum Gasteiger partial charge on any atom is 0.310 e. The van der Waals surface area contributed by atoms with Crippen LogP contribution in [0.1, 0.15) is 12.8 Å². The SMILES string of the molecule is O=C(COC(=O)[C@@H]1C[C@H]2C=C[C@H]1C2)Nc1c(I)cc(I)cc1I. The average Bonchev–Trinajstić information content (AvgIpc) is 3.11. The van der Waals surface area contributed by atoms with E-state index in [2.05, 4.69) is 85.2 Å². The molecular weight excluding hydrogens is 635 g/mol. The molecule has 1 fully saturated rings. The summed E-state index contributed by atoms with van der Waals surface area (Å²) < 4.78 is 8.28. The first-order valence-electron chi connectivity index (χ1n) is 7.23. The molecule has 2 bridgehead atoms. The van der Waals surface area contributed by atoms with E-state index in [9.17, 15) is 9.59 Å². The zero-order valence-corrected chi connectivity index (χ0v) is 18.5. The van der Waals surface area contributed by atoms with Crippen LogP contribution in [-0.4, -0.2) is 18.5 Å². The van der Waals surface area contributed by atoms with Crippen LogP contribution in [0.4, 0.5) is 5.69 Å². The molecule has 3 atom stereocenters. The molecule has 2 aliphatic carbocycles. The van der Waals surface area contributed by atoms with E-state index in [-0.39, 0.29) is 24.4 Å². The Balaban J connectivity index is 1.54. The molecule has 2 aliphatic rings. The van der Waals surface area contributed by atoms with Crippen molar-refractivity contribution in [2.24, 2.45) is 17.8 Å². The van der Waals surface area contributed by atoms with Crippen molar-refractivity contribution in [1.29, 1.82) is 0 Å². The lowest BCUT2D eigenvalue weighted by atomic mass is 9.94. The van der Waals surface area contributed by atoms with E-state index in [1.807, 2.05) is 12.1 Å². The number of rotatable bonds is 4. The third-order valence-corrected chi connectivity index (χ3v) is 6.52. The van der Waals surface area contributed by atoms with Crippen LogP contribution in [0.5, 0.6) is 0 Å². The number of allylic oxidation sites excluding steroid dienone is 2. The van der Waals surface area contributed by atoms with Gasteiger partial charge in [0.05, 0.1) is 11.6 Å². The molecule has 4 nitrogen and oxygen atoms in total. The number of esters is 1. The van der Waals surface area contributed by atoms with Crippen LogP contribution in [-0.2, 0) is 14.3 Å². The molecule has 1 N–H and O–H groups in total. The highest BCUT2D eigenvalue weighted by Crippen LogP contribution is 2.43. The second-order valence-corrected chi connectivity index (χ2v) is 9.36. The second-order valence-electron chi connectivity index (χ2n) is 5.79. The van der Waals surface area contributed by atoms with Crippen molar-refractivity contribution in [1.82, 2.24) is 0 Å². The number of amides is 1. The summed E-state index contributed by atoms with van der Waals surface area (Å²) in [5.41, 5.74) is 0.774. The number of nitrogens with one attached hydrogen (secondary N) is 1. The molecule has 0 spiro atoms. The quantitative estimate of drug-likeness (QED) is 0.303. The van der Waals surface area contributed by atoms with Crippen LogP contribution < -0.4 is 5.32 Å². The van der Waals surface area contributed by atoms with E-state index in [1.165, 1.54) is 0 Å². The van der Waals surface area contributed by atoms with E-state index in [4.69, 9.17) is 4.74 Å². The highest BCUT2D eigenvalue weighted by atomic mass is 127. The fraction of sp³-hybridized carbons (Fsp3) is 0.375. The van der Waals surface area contributed by atoms with Gasteiger partial charge in [-0.1, -0.05) is 12.2 Å². The van der Waals surface area contributed by atoms with E-state index >= 15 is 0 Å². The number of fused-ring (bicyclic) bond motifs is 2. The molecule has 3 rings (SSSR count). The second kappa shape index (κ2) is 7.54. The minimum Gasteiger partial charge on any atom is -0.455 e. The van der Waals surface area contributed by atoms with Crippen LogP contribution in [0.2, 0.25) is 0 Å². The van der Waals surface area contributed by atoms with Gasteiger partial charge in [0.15, 0.2) is 6.61 Å². The van der Waals surface area contributed by atoms with Gasteiger partial charge in [-0.2, -0.15) is 0 Å². The van der Waals surface area contributed by atoms with Crippen molar-refractivity contribution in [2.75, 3.05) is 11.9 Å². The molecule has 7 heteroatoms. The Morgan fingerprint density at radius 3 is 2.39 bits per heavy atom. The lowest BCUT2D eigenvalue weighted by molar-refractivity contribution is -0.152. The first-order valence-corrected chi connectivity index (χ1v) is 10.5. The van der Waals surface area contributed by atoms with Gasteiger partial charge >= 0.3 is 5.97 Å². The predicted molar refractivity (Wildman–Crippen MR) is 113 cm³/mol. The van der Waals surface area contributed by atoms with Crippen LogP contribution in [0.15, 0.2) is 24.3 Å². The third kappa shape index (κ3) is 4.20. The fourth-order valence-electron chi connectivity index (χ4n) is 3.13. The maximum atomic E-state index is 12.1. The Bertz CT molecular complexity index is 666. The predicted octanol–water partition coefficient (Wildman–Crippen LogP) is 4.19. The number of carbonyl (C=O) groups is 2. The number of anilines is 1. The van der Waals surface area contributed by atoms with Gasteiger partial charge < -0.3 is 10.1 Å². The summed E-state index contributed by atoms with van der Waals surface area (Å²) in [7, 11) is 0. The monoisotopic (exact) mass is 649 g/mol. The molecule has 0 radical (unpaired) electrons. The molecule has 0 aliphatic heterocycles. The van der Waals surface area contributed by atoms with Crippen molar-refractivity contribution in [3.05, 3.63) is 35.0 Å². The van der Waals surface area contributed by atoms with Gasteiger partial charge in [0.2, 0.25) is 0 Å². The molecule has 1 saturated carbocycles. The van der Waals surface area contributed by atoms with E-state index in [1.54, 1.807) is 0 Å². The van der Waals surface area contributed by atoms with E-state index in [0.717, 1.165) is 29.2 Å². The number of halogens is 3. The zero-order chi connectivity index (χ0) is 16.6. The highest BCUT2D eigenvalue weighted by Gasteiger charge is 2.40. The van der Waals surface area contributed by atoms with Crippen molar-refractivity contribution in [2.45, 2.75) is 12.8 Å².